The normalized spacial score (nSPS) is 15.1. The van der Waals surface area contributed by atoms with E-state index < -0.39 is 9.84 Å². The number of nitrogens with one attached hydrogen (secondary N) is 1. The lowest BCUT2D eigenvalue weighted by Crippen LogP contribution is -2.30. The highest BCUT2D eigenvalue weighted by atomic mass is 32.2. The van der Waals surface area contributed by atoms with Crippen LogP contribution < -0.4 is 5.32 Å². The van der Waals surface area contributed by atoms with Gasteiger partial charge in [0.15, 0.2) is 0 Å². The van der Waals surface area contributed by atoms with E-state index in [1.54, 1.807) is 0 Å². The molecule has 0 aromatic carbocycles. The quantitative estimate of drug-likeness (QED) is 0.717. The Morgan fingerprint density at radius 1 is 1.25 bits per heavy atom. The van der Waals surface area contributed by atoms with Crippen molar-refractivity contribution in [2.45, 2.75) is 53.0 Å². The van der Waals surface area contributed by atoms with Crippen LogP contribution in [0.1, 0.15) is 47.0 Å². The van der Waals surface area contributed by atoms with Crippen LogP contribution in [0.15, 0.2) is 0 Å². The van der Waals surface area contributed by atoms with Crippen LogP contribution in [0.5, 0.6) is 0 Å². The summed E-state index contributed by atoms with van der Waals surface area (Å²) in [5.41, 5.74) is 0.0865. The first-order valence-electron chi connectivity index (χ1n) is 6.10. The average molecular weight is 249 g/mol. The molecule has 0 bridgehead atoms. The van der Waals surface area contributed by atoms with Crippen LogP contribution in [0.4, 0.5) is 0 Å². The van der Waals surface area contributed by atoms with E-state index in [4.69, 9.17) is 0 Å². The molecule has 1 atom stereocenters. The zero-order valence-corrected chi connectivity index (χ0v) is 12.2. The SMILES string of the molecule is CCCS(=O)(=O)CCC(C)(C)CC(C)NC. The Morgan fingerprint density at radius 2 is 1.81 bits per heavy atom. The second-order valence-corrected chi connectivity index (χ2v) is 7.76. The number of hydrogen-bond donors (Lipinski definition) is 1. The second-order valence-electron chi connectivity index (χ2n) is 5.46. The monoisotopic (exact) mass is 249 g/mol. The van der Waals surface area contributed by atoms with Crippen molar-refractivity contribution >= 4 is 9.84 Å². The molecule has 0 saturated heterocycles. The number of rotatable bonds is 8. The van der Waals surface area contributed by atoms with Gasteiger partial charge in [0.2, 0.25) is 0 Å². The highest BCUT2D eigenvalue weighted by Crippen LogP contribution is 2.27. The third kappa shape index (κ3) is 7.23. The molecule has 0 heterocycles. The van der Waals surface area contributed by atoms with Gasteiger partial charge >= 0.3 is 0 Å². The first-order chi connectivity index (χ1) is 7.22. The lowest BCUT2D eigenvalue weighted by Gasteiger charge is -2.27. The van der Waals surface area contributed by atoms with E-state index in [9.17, 15) is 8.42 Å². The molecular weight excluding hydrogens is 222 g/mol. The second kappa shape index (κ2) is 6.60. The molecule has 0 aromatic heterocycles. The van der Waals surface area contributed by atoms with Gasteiger partial charge in [-0.2, -0.15) is 0 Å². The lowest BCUT2D eigenvalue weighted by molar-refractivity contribution is 0.286. The Hall–Kier alpha value is -0.0900. The predicted octanol–water partition coefficient (Wildman–Crippen LogP) is 2.23. The minimum atomic E-state index is -2.83. The minimum absolute atomic E-state index is 0.0865. The van der Waals surface area contributed by atoms with Gasteiger partial charge in [0.1, 0.15) is 9.84 Å². The molecule has 0 spiro atoms. The van der Waals surface area contributed by atoms with E-state index in [2.05, 4.69) is 26.1 Å². The van der Waals surface area contributed by atoms with Gasteiger partial charge in [-0.15, -0.1) is 0 Å². The Labute approximate surface area is 101 Å². The fraction of sp³-hybridized carbons (Fsp3) is 1.00. The lowest BCUT2D eigenvalue weighted by atomic mass is 9.84. The zero-order chi connectivity index (χ0) is 12.8. The van der Waals surface area contributed by atoms with Crippen LogP contribution >= 0.6 is 0 Å². The first kappa shape index (κ1) is 15.9. The van der Waals surface area contributed by atoms with Gasteiger partial charge in [-0.1, -0.05) is 20.8 Å². The maximum Gasteiger partial charge on any atom is 0.150 e. The van der Waals surface area contributed by atoms with Crippen LogP contribution in [0.2, 0.25) is 0 Å². The van der Waals surface area contributed by atoms with Gasteiger partial charge in [-0.05, 0) is 38.6 Å². The van der Waals surface area contributed by atoms with Crippen molar-refractivity contribution < 1.29 is 8.42 Å². The molecule has 16 heavy (non-hydrogen) atoms. The molecule has 0 saturated carbocycles. The number of sulfone groups is 1. The van der Waals surface area contributed by atoms with Crippen molar-refractivity contribution in [2.24, 2.45) is 5.41 Å². The first-order valence-corrected chi connectivity index (χ1v) is 7.92. The van der Waals surface area contributed by atoms with Gasteiger partial charge in [-0.3, -0.25) is 0 Å². The van der Waals surface area contributed by atoms with Crippen LogP contribution in [0.25, 0.3) is 0 Å². The molecule has 0 aliphatic rings. The smallest absolute Gasteiger partial charge is 0.150 e. The van der Waals surface area contributed by atoms with E-state index in [0.29, 0.717) is 17.5 Å². The largest absolute Gasteiger partial charge is 0.317 e. The molecule has 0 rings (SSSR count). The fourth-order valence-corrected chi connectivity index (χ4v) is 3.57. The van der Waals surface area contributed by atoms with E-state index in [1.165, 1.54) is 0 Å². The van der Waals surface area contributed by atoms with Crippen molar-refractivity contribution in [3.05, 3.63) is 0 Å². The summed E-state index contributed by atoms with van der Waals surface area (Å²) < 4.78 is 23.2. The molecule has 4 heteroatoms. The van der Waals surface area contributed by atoms with E-state index in [1.807, 2.05) is 14.0 Å². The van der Waals surface area contributed by atoms with Crippen molar-refractivity contribution in [1.29, 1.82) is 0 Å². The van der Waals surface area contributed by atoms with E-state index in [0.717, 1.165) is 19.3 Å². The molecule has 3 nitrogen and oxygen atoms in total. The van der Waals surface area contributed by atoms with Crippen LogP contribution in [-0.4, -0.2) is 33.0 Å². The Kier molecular flexibility index (Phi) is 6.56. The molecular formula is C12H27NO2S. The summed E-state index contributed by atoms with van der Waals surface area (Å²) >= 11 is 0. The van der Waals surface area contributed by atoms with E-state index >= 15 is 0 Å². The van der Waals surface area contributed by atoms with Gasteiger partial charge < -0.3 is 5.32 Å². The summed E-state index contributed by atoms with van der Waals surface area (Å²) in [4.78, 5) is 0. The summed E-state index contributed by atoms with van der Waals surface area (Å²) in [6.07, 6.45) is 2.47. The fourth-order valence-electron chi connectivity index (χ4n) is 1.88. The predicted molar refractivity (Wildman–Crippen MR) is 70.5 cm³/mol. The van der Waals surface area contributed by atoms with Crippen LogP contribution in [0, 0.1) is 5.41 Å². The summed E-state index contributed by atoms with van der Waals surface area (Å²) in [6.45, 7) is 8.32. The highest BCUT2D eigenvalue weighted by Gasteiger charge is 2.23. The van der Waals surface area contributed by atoms with Crippen molar-refractivity contribution in [2.75, 3.05) is 18.6 Å². The van der Waals surface area contributed by atoms with Gasteiger partial charge in [0.05, 0.1) is 5.75 Å². The van der Waals surface area contributed by atoms with Gasteiger partial charge in [0, 0.05) is 11.8 Å². The summed E-state index contributed by atoms with van der Waals surface area (Å²) in [6, 6.07) is 0.434. The van der Waals surface area contributed by atoms with Crippen molar-refractivity contribution in [3.63, 3.8) is 0 Å². The summed E-state index contributed by atoms with van der Waals surface area (Å²) in [7, 11) is -0.889. The van der Waals surface area contributed by atoms with Crippen LogP contribution in [-0.2, 0) is 9.84 Å². The Bertz CT molecular complexity index is 283. The molecule has 0 aliphatic carbocycles. The highest BCUT2D eigenvalue weighted by molar-refractivity contribution is 7.91. The summed E-state index contributed by atoms with van der Waals surface area (Å²) in [5, 5.41) is 3.19. The van der Waals surface area contributed by atoms with Gasteiger partial charge in [0.25, 0.3) is 0 Å². The molecule has 1 N–H and O–H groups in total. The molecule has 1 unspecified atom stereocenters. The Morgan fingerprint density at radius 3 is 2.25 bits per heavy atom. The topological polar surface area (TPSA) is 46.2 Å². The Balaban J connectivity index is 4.18. The minimum Gasteiger partial charge on any atom is -0.317 e. The van der Waals surface area contributed by atoms with Crippen molar-refractivity contribution in [3.8, 4) is 0 Å². The maximum absolute atomic E-state index is 11.6. The standard InChI is InChI=1S/C12H27NO2S/c1-6-8-16(14,15)9-7-12(3,4)10-11(2)13-5/h11,13H,6-10H2,1-5H3. The molecule has 0 fully saturated rings. The maximum atomic E-state index is 11.6. The third-order valence-electron chi connectivity index (χ3n) is 2.96. The molecule has 98 valence electrons. The molecule has 0 amide bonds. The number of hydrogen-bond acceptors (Lipinski definition) is 3. The average Bonchev–Trinajstić information content (AvgIpc) is 2.14. The van der Waals surface area contributed by atoms with E-state index in [-0.39, 0.29) is 5.41 Å². The summed E-state index contributed by atoms with van der Waals surface area (Å²) in [5.74, 6) is 0.648. The van der Waals surface area contributed by atoms with Gasteiger partial charge in [-0.25, -0.2) is 8.42 Å². The third-order valence-corrected chi connectivity index (χ3v) is 4.81. The molecule has 0 aliphatic heterocycles. The molecule has 0 aromatic rings. The van der Waals surface area contributed by atoms with Crippen molar-refractivity contribution in [1.82, 2.24) is 5.32 Å². The zero-order valence-electron chi connectivity index (χ0n) is 11.3. The molecule has 0 radical (unpaired) electrons. The van der Waals surface area contributed by atoms with Crippen LogP contribution in [0.3, 0.4) is 0 Å².